The topological polar surface area (TPSA) is 9.23 Å². The van der Waals surface area contributed by atoms with Crippen LogP contribution < -0.4 is 4.74 Å². The zero-order valence-electron chi connectivity index (χ0n) is 18.1. The lowest BCUT2D eigenvalue weighted by molar-refractivity contribution is -0.274. The monoisotopic (exact) mass is 434 g/mol. The van der Waals surface area contributed by atoms with Crippen molar-refractivity contribution in [3.05, 3.63) is 88.5 Å². The van der Waals surface area contributed by atoms with Gasteiger partial charge >= 0.3 is 6.36 Å². The molecule has 1 aliphatic rings. The van der Waals surface area contributed by atoms with Gasteiger partial charge in [-0.25, -0.2) is 0 Å². The predicted octanol–water partition coefficient (Wildman–Crippen LogP) is 7.48. The second-order valence-electron chi connectivity index (χ2n) is 8.14. The quantitative estimate of drug-likeness (QED) is 0.299. The van der Waals surface area contributed by atoms with Gasteiger partial charge < -0.3 is 4.74 Å². The smallest absolute Gasteiger partial charge is 0.406 e. The first-order chi connectivity index (χ1) is 15.4. The van der Waals surface area contributed by atoms with Crippen LogP contribution in [0.2, 0.25) is 0 Å². The molecule has 3 aromatic rings. The summed E-state index contributed by atoms with van der Waals surface area (Å²) in [4.78, 5) is 0. The fourth-order valence-corrected chi connectivity index (χ4v) is 4.15. The number of halogens is 3. The molecule has 0 aromatic heterocycles. The summed E-state index contributed by atoms with van der Waals surface area (Å²) in [7, 11) is 0. The summed E-state index contributed by atoms with van der Waals surface area (Å²) in [5.74, 6) is 5.90. The van der Waals surface area contributed by atoms with Gasteiger partial charge in [-0.2, -0.15) is 0 Å². The highest BCUT2D eigenvalue weighted by molar-refractivity contribution is 5.74. The maximum atomic E-state index is 12.3. The lowest BCUT2D eigenvalue weighted by Crippen LogP contribution is -2.16. The minimum atomic E-state index is -4.69. The molecule has 0 heterocycles. The van der Waals surface area contributed by atoms with E-state index in [0.29, 0.717) is 5.56 Å². The highest BCUT2D eigenvalue weighted by atomic mass is 19.4. The molecule has 0 bridgehead atoms. The van der Waals surface area contributed by atoms with Crippen LogP contribution >= 0.6 is 0 Å². The van der Waals surface area contributed by atoms with Gasteiger partial charge in [0.05, 0.1) is 0 Å². The van der Waals surface area contributed by atoms with Crippen molar-refractivity contribution < 1.29 is 17.9 Å². The van der Waals surface area contributed by atoms with E-state index in [1.807, 2.05) is 6.07 Å². The molecule has 0 unspecified atom stereocenters. The standard InChI is InChI=1S/C28H25F3O/c1-2-3-4-5-21-10-16-26-23(18-21)12-13-24-19-22(11-17-27(24)26)7-6-20-8-14-25(15-9-20)32-28(29,30)31/h8-11,14-19H,2-5,12-13H2,1H3. The second kappa shape index (κ2) is 9.53. The van der Waals surface area contributed by atoms with Gasteiger partial charge in [-0.1, -0.05) is 55.9 Å². The zero-order chi connectivity index (χ0) is 22.6. The Kier molecular flexibility index (Phi) is 6.55. The fourth-order valence-electron chi connectivity index (χ4n) is 4.15. The molecular formula is C28H25F3O. The van der Waals surface area contributed by atoms with Crippen LogP contribution in [0.5, 0.6) is 5.75 Å². The largest absolute Gasteiger partial charge is 0.573 e. The predicted molar refractivity (Wildman–Crippen MR) is 122 cm³/mol. The normalized spacial score (nSPS) is 12.4. The highest BCUT2D eigenvalue weighted by Gasteiger charge is 2.30. The van der Waals surface area contributed by atoms with E-state index >= 15 is 0 Å². The Balaban J connectivity index is 1.49. The molecule has 0 saturated heterocycles. The van der Waals surface area contributed by atoms with Crippen molar-refractivity contribution in [2.24, 2.45) is 0 Å². The zero-order valence-corrected chi connectivity index (χ0v) is 18.1. The summed E-state index contributed by atoms with van der Waals surface area (Å²) < 4.78 is 40.7. The third kappa shape index (κ3) is 5.53. The van der Waals surface area contributed by atoms with E-state index in [4.69, 9.17) is 0 Å². The van der Waals surface area contributed by atoms with Gasteiger partial charge in [0.2, 0.25) is 0 Å². The van der Waals surface area contributed by atoms with Crippen LogP contribution in [0.4, 0.5) is 13.2 Å². The molecule has 32 heavy (non-hydrogen) atoms. The van der Waals surface area contributed by atoms with Crippen LogP contribution in [0.25, 0.3) is 11.1 Å². The molecule has 0 atom stereocenters. The molecule has 0 N–H and O–H groups in total. The van der Waals surface area contributed by atoms with Crippen LogP contribution in [-0.2, 0) is 19.3 Å². The molecule has 0 saturated carbocycles. The van der Waals surface area contributed by atoms with Gasteiger partial charge in [-0.05, 0) is 89.9 Å². The number of aryl methyl sites for hydroxylation is 3. The molecule has 0 amide bonds. The molecule has 4 heteroatoms. The van der Waals surface area contributed by atoms with Crippen LogP contribution in [0.1, 0.15) is 54.0 Å². The third-order valence-corrected chi connectivity index (χ3v) is 5.74. The number of benzene rings is 3. The molecule has 1 aliphatic carbocycles. The summed E-state index contributed by atoms with van der Waals surface area (Å²) in [6, 6.07) is 18.8. The summed E-state index contributed by atoms with van der Waals surface area (Å²) in [6.07, 6.45) is 2.22. The molecule has 0 radical (unpaired) electrons. The average Bonchev–Trinajstić information content (AvgIpc) is 2.77. The first-order valence-corrected chi connectivity index (χ1v) is 11.0. The van der Waals surface area contributed by atoms with Gasteiger partial charge in [-0.3, -0.25) is 0 Å². The lowest BCUT2D eigenvalue weighted by Gasteiger charge is -2.21. The van der Waals surface area contributed by atoms with E-state index in [9.17, 15) is 13.2 Å². The average molecular weight is 435 g/mol. The van der Waals surface area contributed by atoms with E-state index in [-0.39, 0.29) is 5.75 Å². The van der Waals surface area contributed by atoms with Crippen molar-refractivity contribution in [2.75, 3.05) is 0 Å². The Morgan fingerprint density at radius 2 is 1.41 bits per heavy atom. The highest BCUT2D eigenvalue weighted by Crippen LogP contribution is 2.34. The Labute approximate surface area is 187 Å². The summed E-state index contributed by atoms with van der Waals surface area (Å²) >= 11 is 0. The van der Waals surface area contributed by atoms with Crippen molar-refractivity contribution in [2.45, 2.75) is 51.8 Å². The summed E-state index contributed by atoms with van der Waals surface area (Å²) in [5.41, 5.74) is 8.26. The molecule has 164 valence electrons. The number of ether oxygens (including phenoxy) is 1. The Morgan fingerprint density at radius 1 is 0.781 bits per heavy atom. The maximum Gasteiger partial charge on any atom is 0.573 e. The Morgan fingerprint density at radius 3 is 2.09 bits per heavy atom. The number of hydrogen-bond acceptors (Lipinski definition) is 1. The first kappa shape index (κ1) is 22.0. The molecule has 3 aromatic carbocycles. The summed E-state index contributed by atoms with van der Waals surface area (Å²) in [5, 5.41) is 0. The van der Waals surface area contributed by atoms with Crippen molar-refractivity contribution in [1.29, 1.82) is 0 Å². The number of fused-ring (bicyclic) bond motifs is 3. The van der Waals surface area contributed by atoms with Crippen LogP contribution in [-0.4, -0.2) is 6.36 Å². The van der Waals surface area contributed by atoms with E-state index in [1.54, 1.807) is 0 Å². The number of hydrogen-bond donors (Lipinski definition) is 0. The summed E-state index contributed by atoms with van der Waals surface area (Å²) in [6.45, 7) is 2.23. The van der Waals surface area contributed by atoms with E-state index in [1.165, 1.54) is 71.3 Å². The Hall–Kier alpha value is -3.19. The minimum absolute atomic E-state index is 0.246. The van der Waals surface area contributed by atoms with Crippen molar-refractivity contribution in [3.63, 3.8) is 0 Å². The van der Waals surface area contributed by atoms with Crippen LogP contribution in [0, 0.1) is 11.8 Å². The molecule has 4 rings (SSSR count). The lowest BCUT2D eigenvalue weighted by atomic mass is 9.83. The SMILES string of the molecule is CCCCCc1ccc2c(c1)CCc1cc(C#Cc3ccc(OC(F)(F)F)cc3)ccc1-2. The van der Waals surface area contributed by atoms with Gasteiger partial charge in [-0.15, -0.1) is 13.2 Å². The maximum absolute atomic E-state index is 12.3. The van der Waals surface area contributed by atoms with E-state index in [2.05, 4.69) is 53.8 Å². The fraction of sp³-hybridized carbons (Fsp3) is 0.286. The minimum Gasteiger partial charge on any atom is -0.406 e. The second-order valence-corrected chi connectivity index (χ2v) is 8.14. The molecule has 1 nitrogen and oxygen atoms in total. The number of rotatable bonds is 5. The van der Waals surface area contributed by atoms with E-state index < -0.39 is 6.36 Å². The van der Waals surface area contributed by atoms with Crippen LogP contribution in [0.3, 0.4) is 0 Å². The Bertz CT molecular complexity index is 1150. The van der Waals surface area contributed by atoms with E-state index in [0.717, 1.165) is 24.8 Å². The third-order valence-electron chi connectivity index (χ3n) is 5.74. The van der Waals surface area contributed by atoms with Crippen molar-refractivity contribution in [1.82, 2.24) is 0 Å². The first-order valence-electron chi connectivity index (χ1n) is 11.0. The van der Waals surface area contributed by atoms with Gasteiger partial charge in [0, 0.05) is 11.1 Å². The molecular weight excluding hydrogens is 409 g/mol. The van der Waals surface area contributed by atoms with Gasteiger partial charge in [0.1, 0.15) is 5.75 Å². The van der Waals surface area contributed by atoms with Crippen LogP contribution in [0.15, 0.2) is 60.7 Å². The number of alkyl halides is 3. The van der Waals surface area contributed by atoms with Crippen molar-refractivity contribution in [3.8, 4) is 28.7 Å². The van der Waals surface area contributed by atoms with Gasteiger partial charge in [0.25, 0.3) is 0 Å². The molecule has 0 fully saturated rings. The molecule has 0 spiro atoms. The van der Waals surface area contributed by atoms with Gasteiger partial charge in [0.15, 0.2) is 0 Å². The number of unbranched alkanes of at least 4 members (excludes halogenated alkanes) is 2. The van der Waals surface area contributed by atoms with Crippen molar-refractivity contribution >= 4 is 0 Å². The molecule has 0 aliphatic heterocycles.